The Hall–Kier alpha value is -1.75. The molecule has 5 heteroatoms. The van der Waals surface area contributed by atoms with E-state index >= 15 is 0 Å². The van der Waals surface area contributed by atoms with Crippen LogP contribution in [0.2, 0.25) is 0 Å². The maximum absolute atomic E-state index is 13.1. The fourth-order valence-corrected chi connectivity index (χ4v) is 3.54. The number of likely N-dealkylation sites (N-methyl/N-ethyl adjacent to an activating group) is 1. The summed E-state index contributed by atoms with van der Waals surface area (Å²) in [5.74, 6) is 0.798. The molecule has 1 aliphatic rings. The van der Waals surface area contributed by atoms with Crippen LogP contribution in [0.5, 0.6) is 5.75 Å². The lowest BCUT2D eigenvalue weighted by Crippen LogP contribution is -2.53. The van der Waals surface area contributed by atoms with Crippen molar-refractivity contribution < 1.29 is 9.53 Å². The van der Waals surface area contributed by atoms with Crippen LogP contribution in [0.3, 0.4) is 0 Å². The monoisotopic (exact) mass is 347 g/mol. The number of benzene rings is 1. The number of anilines is 1. The molecule has 0 bridgehead atoms. The highest BCUT2D eigenvalue weighted by Gasteiger charge is 2.37. The molecule has 0 radical (unpaired) electrons. The predicted octanol–water partition coefficient (Wildman–Crippen LogP) is 2.87. The van der Waals surface area contributed by atoms with Crippen LogP contribution in [-0.4, -0.2) is 42.6 Å². The third-order valence-electron chi connectivity index (χ3n) is 5.66. The maximum atomic E-state index is 13.1. The Balaban J connectivity index is 2.27. The summed E-state index contributed by atoms with van der Waals surface area (Å²) in [7, 11) is 1.89. The second-order valence-electron chi connectivity index (χ2n) is 7.75. The first-order valence-corrected chi connectivity index (χ1v) is 9.10. The molecule has 1 aromatic rings. The van der Waals surface area contributed by atoms with E-state index in [0.717, 1.165) is 59.6 Å². The van der Waals surface area contributed by atoms with Crippen LogP contribution in [0.25, 0.3) is 0 Å². The van der Waals surface area contributed by atoms with Gasteiger partial charge in [0.2, 0.25) is 0 Å². The summed E-state index contributed by atoms with van der Waals surface area (Å²) in [6.07, 6.45) is 1.97. The highest BCUT2D eigenvalue weighted by Crippen LogP contribution is 2.36. The van der Waals surface area contributed by atoms with Crippen LogP contribution in [0.4, 0.5) is 5.69 Å². The van der Waals surface area contributed by atoms with Crippen molar-refractivity contribution in [2.45, 2.75) is 66.0 Å². The van der Waals surface area contributed by atoms with Crippen molar-refractivity contribution in [2.24, 2.45) is 0 Å². The van der Waals surface area contributed by atoms with E-state index in [-0.39, 0.29) is 11.9 Å². The van der Waals surface area contributed by atoms with Crippen molar-refractivity contribution in [2.75, 3.05) is 25.9 Å². The van der Waals surface area contributed by atoms with E-state index in [1.165, 1.54) is 0 Å². The standard InChI is InChI=1S/C20H33N3O2/c1-12-14(3)18(15(4)13(2)17(12)21)25-20(5,6)19(24)23(7)16-8-10-22-11-9-16/h16,22H,8-11,21H2,1-7H3. The third-order valence-corrected chi connectivity index (χ3v) is 5.66. The second-order valence-corrected chi connectivity index (χ2v) is 7.75. The van der Waals surface area contributed by atoms with Gasteiger partial charge in [0.25, 0.3) is 5.91 Å². The fraction of sp³-hybridized carbons (Fsp3) is 0.650. The number of carbonyl (C=O) groups excluding carboxylic acids is 1. The lowest BCUT2D eigenvalue weighted by atomic mass is 9.96. The van der Waals surface area contributed by atoms with Crippen molar-refractivity contribution >= 4 is 11.6 Å². The lowest BCUT2D eigenvalue weighted by Gasteiger charge is -2.37. The molecule has 5 nitrogen and oxygen atoms in total. The Morgan fingerprint density at radius 2 is 1.56 bits per heavy atom. The van der Waals surface area contributed by atoms with Crippen molar-refractivity contribution in [1.29, 1.82) is 0 Å². The molecule has 1 heterocycles. The SMILES string of the molecule is Cc1c(C)c(OC(C)(C)C(=O)N(C)C2CCNCC2)c(C)c(C)c1N. The molecule has 3 N–H and O–H groups in total. The van der Waals surface area contributed by atoms with E-state index < -0.39 is 5.60 Å². The van der Waals surface area contributed by atoms with E-state index in [9.17, 15) is 4.79 Å². The minimum atomic E-state index is -0.926. The number of hydrogen-bond acceptors (Lipinski definition) is 4. The molecule has 0 atom stereocenters. The molecular weight excluding hydrogens is 314 g/mol. The van der Waals surface area contributed by atoms with Gasteiger partial charge in [-0.05, 0) is 89.7 Å². The summed E-state index contributed by atoms with van der Waals surface area (Å²) in [5, 5.41) is 3.34. The molecule has 25 heavy (non-hydrogen) atoms. The Bertz CT molecular complexity index is 632. The number of piperidine rings is 1. The Morgan fingerprint density at radius 3 is 2.04 bits per heavy atom. The Morgan fingerprint density at radius 1 is 1.08 bits per heavy atom. The smallest absolute Gasteiger partial charge is 0.266 e. The van der Waals surface area contributed by atoms with Gasteiger partial charge in [-0.2, -0.15) is 0 Å². The summed E-state index contributed by atoms with van der Waals surface area (Å²) in [6.45, 7) is 13.6. The Labute approximate surface area is 151 Å². The first kappa shape index (κ1) is 19.6. The van der Waals surface area contributed by atoms with Gasteiger partial charge < -0.3 is 20.7 Å². The minimum Gasteiger partial charge on any atom is -0.477 e. The van der Waals surface area contributed by atoms with E-state index in [1.54, 1.807) is 0 Å². The van der Waals surface area contributed by atoms with Gasteiger partial charge >= 0.3 is 0 Å². The van der Waals surface area contributed by atoms with Crippen molar-refractivity contribution in [1.82, 2.24) is 10.2 Å². The van der Waals surface area contributed by atoms with Gasteiger partial charge in [-0.25, -0.2) is 0 Å². The molecule has 2 rings (SSSR count). The zero-order chi connectivity index (χ0) is 18.9. The van der Waals surface area contributed by atoms with Crippen LogP contribution in [-0.2, 0) is 4.79 Å². The molecule has 1 aliphatic heterocycles. The second kappa shape index (κ2) is 7.24. The zero-order valence-electron chi connectivity index (χ0n) is 16.7. The average Bonchev–Trinajstić information content (AvgIpc) is 2.61. The average molecular weight is 348 g/mol. The normalized spacial score (nSPS) is 16.0. The third kappa shape index (κ3) is 3.76. The predicted molar refractivity (Wildman–Crippen MR) is 103 cm³/mol. The van der Waals surface area contributed by atoms with E-state index in [1.807, 2.05) is 53.5 Å². The van der Waals surface area contributed by atoms with Gasteiger partial charge in [-0.15, -0.1) is 0 Å². The molecule has 140 valence electrons. The van der Waals surface area contributed by atoms with Crippen molar-refractivity contribution in [3.05, 3.63) is 22.3 Å². The largest absolute Gasteiger partial charge is 0.477 e. The number of rotatable bonds is 4. The number of nitrogens with zero attached hydrogens (tertiary/aromatic N) is 1. The van der Waals surface area contributed by atoms with Crippen LogP contribution in [0, 0.1) is 27.7 Å². The molecule has 0 unspecified atom stereocenters. The summed E-state index contributed by atoms with van der Waals surface area (Å²) < 4.78 is 6.29. The molecule has 1 saturated heterocycles. The molecule has 0 aliphatic carbocycles. The van der Waals surface area contributed by atoms with Crippen LogP contribution in [0.1, 0.15) is 48.9 Å². The number of nitrogens with one attached hydrogen (secondary N) is 1. The van der Waals surface area contributed by atoms with E-state index in [2.05, 4.69) is 5.32 Å². The van der Waals surface area contributed by atoms with Crippen molar-refractivity contribution in [3.63, 3.8) is 0 Å². The molecule has 0 aromatic heterocycles. The molecule has 1 fully saturated rings. The lowest BCUT2D eigenvalue weighted by molar-refractivity contribution is -0.146. The van der Waals surface area contributed by atoms with Gasteiger partial charge in [0, 0.05) is 18.8 Å². The summed E-state index contributed by atoms with van der Waals surface area (Å²) in [4.78, 5) is 14.9. The highest BCUT2D eigenvalue weighted by atomic mass is 16.5. The number of amides is 1. The first-order valence-electron chi connectivity index (χ1n) is 9.10. The molecule has 1 amide bonds. The van der Waals surface area contributed by atoms with Gasteiger partial charge in [-0.1, -0.05) is 0 Å². The highest BCUT2D eigenvalue weighted by molar-refractivity contribution is 5.85. The summed E-state index contributed by atoms with van der Waals surface area (Å²) in [6, 6.07) is 0.272. The molecular formula is C20H33N3O2. The van der Waals surface area contributed by atoms with Gasteiger partial charge in [0.15, 0.2) is 5.60 Å². The summed E-state index contributed by atoms with van der Waals surface area (Å²) in [5.41, 5.74) is 10.1. The van der Waals surface area contributed by atoms with Crippen LogP contribution >= 0.6 is 0 Å². The molecule has 0 spiro atoms. The number of carbonyl (C=O) groups is 1. The molecule has 0 saturated carbocycles. The summed E-state index contributed by atoms with van der Waals surface area (Å²) >= 11 is 0. The van der Waals surface area contributed by atoms with Gasteiger partial charge in [0.05, 0.1) is 0 Å². The van der Waals surface area contributed by atoms with Gasteiger partial charge in [0.1, 0.15) is 5.75 Å². The molecule has 1 aromatic carbocycles. The van der Waals surface area contributed by atoms with E-state index in [4.69, 9.17) is 10.5 Å². The van der Waals surface area contributed by atoms with Crippen LogP contribution in [0.15, 0.2) is 0 Å². The van der Waals surface area contributed by atoms with Crippen molar-refractivity contribution in [3.8, 4) is 5.75 Å². The number of nitrogen functional groups attached to an aromatic ring is 1. The number of nitrogens with two attached hydrogens (primary N) is 1. The fourth-order valence-electron chi connectivity index (χ4n) is 3.54. The maximum Gasteiger partial charge on any atom is 0.266 e. The van der Waals surface area contributed by atoms with E-state index in [0.29, 0.717) is 0 Å². The minimum absolute atomic E-state index is 0.0188. The number of ether oxygens (including phenoxy) is 1. The quantitative estimate of drug-likeness (QED) is 0.822. The van der Waals surface area contributed by atoms with Crippen LogP contribution < -0.4 is 15.8 Å². The number of hydrogen-bond donors (Lipinski definition) is 2. The first-order chi connectivity index (χ1) is 11.6. The zero-order valence-corrected chi connectivity index (χ0v) is 16.7. The topological polar surface area (TPSA) is 67.6 Å². The Kier molecular flexibility index (Phi) is 5.67. The van der Waals surface area contributed by atoms with Gasteiger partial charge in [-0.3, -0.25) is 4.79 Å².